The van der Waals surface area contributed by atoms with Crippen LogP contribution in [-0.2, 0) is 17.9 Å². The fraction of sp³-hybridized carbons (Fsp3) is 0.263. The highest BCUT2D eigenvalue weighted by atomic mass is 16.4. The largest absolute Gasteiger partial charge is 0.478 e. The van der Waals surface area contributed by atoms with Gasteiger partial charge in [0.2, 0.25) is 5.91 Å². The highest BCUT2D eigenvalue weighted by Gasteiger charge is 2.21. The van der Waals surface area contributed by atoms with Crippen molar-refractivity contribution < 1.29 is 19.5 Å². The summed E-state index contributed by atoms with van der Waals surface area (Å²) in [5.74, 6) is -1.40. The summed E-state index contributed by atoms with van der Waals surface area (Å²) < 4.78 is 0. The van der Waals surface area contributed by atoms with Crippen LogP contribution in [0, 0.1) is 0 Å². The lowest BCUT2D eigenvalue weighted by Gasteiger charge is -2.18. The zero-order chi connectivity index (χ0) is 18.5. The molecular weight excluding hydrogens is 334 g/mol. The number of hydrogen-bond acceptors (Lipinski definition) is 4. The Kier molecular flexibility index (Phi) is 5.26. The third-order valence-corrected chi connectivity index (χ3v) is 4.33. The number of pyridine rings is 1. The smallest absolute Gasteiger partial charge is 0.335 e. The Morgan fingerprint density at radius 1 is 1.19 bits per heavy atom. The third kappa shape index (κ3) is 4.05. The maximum absolute atomic E-state index is 12.3. The van der Waals surface area contributed by atoms with Crippen molar-refractivity contribution in [3.05, 3.63) is 65.0 Å². The molecule has 0 atom stereocenters. The first kappa shape index (κ1) is 17.6. The molecule has 1 saturated heterocycles. The molecular formula is C19H19N3O4. The van der Waals surface area contributed by atoms with Gasteiger partial charge in [0.25, 0.3) is 5.91 Å². The Morgan fingerprint density at radius 2 is 1.96 bits per heavy atom. The minimum Gasteiger partial charge on any atom is -0.478 e. The molecule has 26 heavy (non-hydrogen) atoms. The van der Waals surface area contributed by atoms with Gasteiger partial charge in [-0.15, -0.1) is 0 Å². The minimum absolute atomic E-state index is 0.0121. The van der Waals surface area contributed by atoms with E-state index in [-0.39, 0.29) is 23.7 Å². The fourth-order valence-electron chi connectivity index (χ4n) is 2.91. The first-order chi connectivity index (χ1) is 12.5. The number of carboxylic acids is 1. The van der Waals surface area contributed by atoms with Crippen LogP contribution in [0.5, 0.6) is 0 Å². The normalized spacial score (nSPS) is 13.7. The van der Waals surface area contributed by atoms with Gasteiger partial charge in [-0.3, -0.25) is 14.6 Å². The van der Waals surface area contributed by atoms with E-state index in [1.807, 2.05) is 29.2 Å². The molecule has 7 nitrogen and oxygen atoms in total. The number of nitrogens with one attached hydrogen (secondary N) is 1. The molecule has 0 radical (unpaired) electrons. The molecule has 134 valence electrons. The third-order valence-electron chi connectivity index (χ3n) is 4.33. The van der Waals surface area contributed by atoms with Gasteiger partial charge in [0, 0.05) is 32.3 Å². The number of nitrogens with zero attached hydrogens (tertiary/aromatic N) is 2. The second-order valence-electron chi connectivity index (χ2n) is 6.11. The van der Waals surface area contributed by atoms with Crippen LogP contribution in [0.25, 0.3) is 0 Å². The number of likely N-dealkylation sites (tertiary alicyclic amines) is 1. The number of benzene rings is 1. The van der Waals surface area contributed by atoms with E-state index in [2.05, 4.69) is 10.3 Å². The molecule has 0 bridgehead atoms. The lowest BCUT2D eigenvalue weighted by Crippen LogP contribution is -2.27. The van der Waals surface area contributed by atoms with Crippen molar-refractivity contribution in [1.29, 1.82) is 0 Å². The van der Waals surface area contributed by atoms with Gasteiger partial charge >= 0.3 is 5.97 Å². The van der Waals surface area contributed by atoms with Gasteiger partial charge in [-0.05, 0) is 29.7 Å². The van der Waals surface area contributed by atoms with Crippen molar-refractivity contribution in [3.63, 3.8) is 0 Å². The molecule has 0 saturated carbocycles. The number of carbonyl (C=O) groups excluding carboxylic acids is 2. The van der Waals surface area contributed by atoms with Crippen molar-refractivity contribution >= 4 is 17.8 Å². The van der Waals surface area contributed by atoms with Gasteiger partial charge in [-0.2, -0.15) is 0 Å². The number of aromatic carboxylic acids is 1. The predicted octanol–water partition coefficient (Wildman–Crippen LogP) is 1.83. The summed E-state index contributed by atoms with van der Waals surface area (Å²) in [6, 6.07) is 10.2. The summed E-state index contributed by atoms with van der Waals surface area (Å²) in [6.45, 7) is 1.55. The Morgan fingerprint density at radius 3 is 2.65 bits per heavy atom. The Labute approximate surface area is 150 Å². The van der Waals surface area contributed by atoms with E-state index in [4.69, 9.17) is 5.11 Å². The van der Waals surface area contributed by atoms with Crippen LogP contribution in [-0.4, -0.2) is 39.3 Å². The van der Waals surface area contributed by atoms with Crippen LogP contribution >= 0.6 is 0 Å². The maximum Gasteiger partial charge on any atom is 0.335 e. The second kappa shape index (κ2) is 7.77. The standard InChI is InChI=1S/C19H19N3O4/c23-17-6-3-9-22(17)12-15-5-2-1-4-14(15)11-21-18(24)16-10-13(19(25)26)7-8-20-16/h1-2,4-5,7-8,10H,3,6,9,11-12H2,(H,21,24)(H,25,26). The van der Waals surface area contributed by atoms with Crippen molar-refractivity contribution in [3.8, 4) is 0 Å². The van der Waals surface area contributed by atoms with E-state index in [0.29, 0.717) is 13.0 Å². The average molecular weight is 353 g/mol. The summed E-state index contributed by atoms with van der Waals surface area (Å²) in [6.07, 6.45) is 2.76. The lowest BCUT2D eigenvalue weighted by atomic mass is 10.1. The quantitative estimate of drug-likeness (QED) is 0.825. The first-order valence-corrected chi connectivity index (χ1v) is 8.36. The van der Waals surface area contributed by atoms with E-state index in [1.165, 1.54) is 18.3 Å². The summed E-state index contributed by atoms with van der Waals surface area (Å²) >= 11 is 0. The highest BCUT2D eigenvalue weighted by Crippen LogP contribution is 2.17. The Hall–Kier alpha value is -3.22. The maximum atomic E-state index is 12.3. The molecule has 1 aromatic heterocycles. The van der Waals surface area contributed by atoms with Gasteiger partial charge in [0.1, 0.15) is 5.69 Å². The van der Waals surface area contributed by atoms with E-state index in [1.54, 1.807) is 0 Å². The summed E-state index contributed by atoms with van der Waals surface area (Å²) in [4.78, 5) is 40.8. The zero-order valence-corrected chi connectivity index (χ0v) is 14.1. The van der Waals surface area contributed by atoms with Gasteiger partial charge in [-0.1, -0.05) is 24.3 Å². The molecule has 0 unspecified atom stereocenters. The van der Waals surface area contributed by atoms with Crippen molar-refractivity contribution in [2.24, 2.45) is 0 Å². The van der Waals surface area contributed by atoms with E-state index < -0.39 is 11.9 Å². The summed E-state index contributed by atoms with van der Waals surface area (Å²) in [5.41, 5.74) is 1.96. The topological polar surface area (TPSA) is 99.6 Å². The van der Waals surface area contributed by atoms with Crippen molar-refractivity contribution in [1.82, 2.24) is 15.2 Å². The molecule has 1 fully saturated rings. The van der Waals surface area contributed by atoms with E-state index in [9.17, 15) is 14.4 Å². The fourth-order valence-corrected chi connectivity index (χ4v) is 2.91. The number of hydrogen-bond donors (Lipinski definition) is 2. The van der Waals surface area contributed by atoms with Gasteiger partial charge in [0.15, 0.2) is 0 Å². The summed E-state index contributed by atoms with van der Waals surface area (Å²) in [7, 11) is 0. The highest BCUT2D eigenvalue weighted by molar-refractivity contribution is 5.95. The predicted molar refractivity (Wildman–Crippen MR) is 93.5 cm³/mol. The number of rotatable bonds is 6. The van der Waals surface area contributed by atoms with Gasteiger partial charge in [-0.25, -0.2) is 4.79 Å². The Bertz CT molecular complexity index is 850. The molecule has 1 aliphatic rings. The molecule has 2 heterocycles. The molecule has 2 amide bonds. The van der Waals surface area contributed by atoms with Crippen molar-refractivity contribution in [2.75, 3.05) is 6.54 Å². The molecule has 1 aliphatic heterocycles. The van der Waals surface area contributed by atoms with Gasteiger partial charge in [0.05, 0.1) is 5.56 Å². The second-order valence-corrected chi connectivity index (χ2v) is 6.11. The van der Waals surface area contributed by atoms with Crippen LogP contribution in [0.4, 0.5) is 0 Å². The van der Waals surface area contributed by atoms with Crippen LogP contribution in [0.3, 0.4) is 0 Å². The molecule has 3 rings (SSSR count). The lowest BCUT2D eigenvalue weighted by molar-refractivity contribution is -0.128. The molecule has 2 aromatic rings. The SMILES string of the molecule is O=C(O)c1ccnc(C(=O)NCc2ccccc2CN2CCCC2=O)c1. The van der Waals surface area contributed by atoms with Gasteiger partial charge < -0.3 is 15.3 Å². The van der Waals surface area contributed by atoms with Crippen LogP contribution < -0.4 is 5.32 Å². The van der Waals surface area contributed by atoms with E-state index in [0.717, 1.165) is 24.1 Å². The molecule has 2 N–H and O–H groups in total. The number of carbonyl (C=O) groups is 3. The monoisotopic (exact) mass is 353 g/mol. The first-order valence-electron chi connectivity index (χ1n) is 8.36. The molecule has 0 aliphatic carbocycles. The van der Waals surface area contributed by atoms with E-state index >= 15 is 0 Å². The molecule has 7 heteroatoms. The number of carboxylic acid groups (broad SMARTS) is 1. The summed E-state index contributed by atoms with van der Waals surface area (Å²) in [5, 5.41) is 11.8. The number of aromatic nitrogens is 1. The average Bonchev–Trinajstić information content (AvgIpc) is 3.05. The Balaban J connectivity index is 1.68. The molecule has 0 spiro atoms. The van der Waals surface area contributed by atoms with Crippen molar-refractivity contribution in [2.45, 2.75) is 25.9 Å². The van der Waals surface area contributed by atoms with Crippen LogP contribution in [0.15, 0.2) is 42.6 Å². The zero-order valence-electron chi connectivity index (χ0n) is 14.1. The molecule has 1 aromatic carbocycles. The minimum atomic E-state index is -1.11. The van der Waals surface area contributed by atoms with Crippen LogP contribution in [0.1, 0.15) is 44.8 Å². The van der Waals surface area contributed by atoms with Crippen LogP contribution in [0.2, 0.25) is 0 Å². The number of amides is 2.